The molecule has 31 heavy (non-hydrogen) atoms. The summed E-state index contributed by atoms with van der Waals surface area (Å²) in [6.45, 7) is 0.441. The van der Waals surface area contributed by atoms with Crippen LogP contribution >= 0.6 is 0 Å². The van der Waals surface area contributed by atoms with E-state index in [-0.39, 0.29) is 35.4 Å². The number of H-pyrrole nitrogens is 2. The Bertz CT molecular complexity index is 1100. The molecule has 2 fully saturated rings. The average Bonchev–Trinajstić information content (AvgIpc) is 3.24. The van der Waals surface area contributed by atoms with Crippen molar-refractivity contribution in [2.24, 2.45) is 7.05 Å². The molecule has 2 amide bonds. The number of imidazole rings is 1. The second kappa shape index (κ2) is 8.29. The number of hydrogen-bond acceptors (Lipinski definition) is 6. The Morgan fingerprint density at radius 3 is 2.48 bits per heavy atom. The highest BCUT2D eigenvalue weighted by molar-refractivity contribution is 5.78. The molecule has 0 radical (unpaired) electrons. The van der Waals surface area contributed by atoms with Gasteiger partial charge in [0.25, 0.3) is 5.56 Å². The number of aromatic amines is 2. The third-order valence-corrected chi connectivity index (χ3v) is 6.46. The molecule has 2 aromatic rings. The smallest absolute Gasteiger partial charge is 0.329 e. The van der Waals surface area contributed by atoms with Crippen LogP contribution in [0.3, 0.4) is 0 Å². The van der Waals surface area contributed by atoms with Gasteiger partial charge in [0, 0.05) is 52.1 Å². The molecule has 0 spiro atoms. The molecule has 2 aromatic heterocycles. The summed E-state index contributed by atoms with van der Waals surface area (Å²) in [6, 6.07) is 0.766. The van der Waals surface area contributed by atoms with Gasteiger partial charge in [-0.05, 0) is 25.7 Å². The van der Waals surface area contributed by atoms with Crippen LogP contribution in [-0.2, 0) is 23.1 Å². The second-order valence-corrected chi connectivity index (χ2v) is 8.78. The van der Waals surface area contributed by atoms with Crippen molar-refractivity contribution in [2.75, 3.05) is 20.6 Å². The molecule has 2 aliphatic heterocycles. The number of hydrogen-bond donors (Lipinski definition) is 3. The van der Waals surface area contributed by atoms with Gasteiger partial charge in [-0.25, -0.2) is 9.78 Å². The number of carbonyl (C=O) groups excluding carboxylic acids is 2. The summed E-state index contributed by atoms with van der Waals surface area (Å²) >= 11 is 0. The van der Waals surface area contributed by atoms with Gasteiger partial charge in [-0.1, -0.05) is 0 Å². The molecule has 2 atom stereocenters. The van der Waals surface area contributed by atoms with E-state index in [1.807, 2.05) is 0 Å². The minimum Gasteiger partial charge on any atom is -0.353 e. The van der Waals surface area contributed by atoms with Gasteiger partial charge in [-0.15, -0.1) is 0 Å². The molecule has 11 heteroatoms. The summed E-state index contributed by atoms with van der Waals surface area (Å²) in [7, 11) is 5.08. The number of nitrogens with zero attached hydrogens (tertiary/aromatic N) is 4. The summed E-state index contributed by atoms with van der Waals surface area (Å²) in [6.07, 6.45) is 4.40. The molecule has 0 aliphatic carbocycles. The van der Waals surface area contributed by atoms with E-state index in [0.29, 0.717) is 30.9 Å². The maximum Gasteiger partial charge on any atom is 0.329 e. The summed E-state index contributed by atoms with van der Waals surface area (Å²) in [4.78, 5) is 61.6. The van der Waals surface area contributed by atoms with E-state index in [4.69, 9.17) is 0 Å². The van der Waals surface area contributed by atoms with Gasteiger partial charge in [0.2, 0.25) is 11.8 Å². The second-order valence-electron chi connectivity index (χ2n) is 8.78. The highest BCUT2D eigenvalue weighted by atomic mass is 16.2. The predicted octanol–water partition coefficient (Wildman–Crippen LogP) is -0.918. The Hall–Kier alpha value is -2.95. The number of fused-ring (bicyclic) bond motifs is 3. The molecule has 3 N–H and O–H groups in total. The summed E-state index contributed by atoms with van der Waals surface area (Å²) < 4.78 is 1.27. The molecular weight excluding hydrogens is 402 g/mol. The lowest BCUT2D eigenvalue weighted by Gasteiger charge is -2.39. The first-order valence-electron chi connectivity index (χ1n) is 10.7. The fourth-order valence-electron chi connectivity index (χ4n) is 4.75. The standard InChI is InChI=1S/C20H29N7O4/c1-25(2)16(29)10-27-12-4-5-13(27)9-11(8-12)21-15(28)7-6-14-22-17-18(23-14)26(3)20(31)24-19(17)30/h11-13H,4-10H2,1-3H3,(H,21,28)(H,22,23)(H,24,30,31). The minimum atomic E-state index is -0.526. The van der Waals surface area contributed by atoms with Gasteiger partial charge in [0.15, 0.2) is 5.65 Å². The molecule has 4 heterocycles. The van der Waals surface area contributed by atoms with Gasteiger partial charge < -0.3 is 15.2 Å². The van der Waals surface area contributed by atoms with Crippen molar-refractivity contribution in [3.05, 3.63) is 26.7 Å². The molecule has 2 unspecified atom stereocenters. The van der Waals surface area contributed by atoms with Crippen molar-refractivity contribution in [3.8, 4) is 0 Å². The Morgan fingerprint density at radius 2 is 1.84 bits per heavy atom. The van der Waals surface area contributed by atoms with Gasteiger partial charge in [-0.3, -0.25) is 28.8 Å². The fraction of sp³-hybridized carbons (Fsp3) is 0.650. The van der Waals surface area contributed by atoms with Gasteiger partial charge in [0.05, 0.1) is 6.54 Å². The number of carbonyl (C=O) groups is 2. The monoisotopic (exact) mass is 431 g/mol. The highest BCUT2D eigenvalue weighted by Gasteiger charge is 2.41. The maximum absolute atomic E-state index is 12.5. The van der Waals surface area contributed by atoms with Crippen LogP contribution in [-0.4, -0.2) is 79.9 Å². The molecule has 2 saturated heterocycles. The third kappa shape index (κ3) is 4.27. The van der Waals surface area contributed by atoms with E-state index in [0.717, 1.165) is 25.7 Å². The van der Waals surface area contributed by atoms with Gasteiger partial charge >= 0.3 is 5.69 Å². The Kier molecular flexibility index (Phi) is 5.69. The zero-order valence-corrected chi connectivity index (χ0v) is 18.1. The summed E-state index contributed by atoms with van der Waals surface area (Å²) in [5, 5.41) is 3.13. The highest BCUT2D eigenvalue weighted by Crippen LogP contribution is 2.35. The van der Waals surface area contributed by atoms with Crippen LogP contribution in [0.4, 0.5) is 0 Å². The lowest BCUT2D eigenvalue weighted by atomic mass is 9.97. The van der Waals surface area contributed by atoms with Crippen molar-refractivity contribution in [1.29, 1.82) is 0 Å². The number of aryl methyl sites for hydroxylation is 2. The van der Waals surface area contributed by atoms with Crippen LogP contribution in [0.25, 0.3) is 11.2 Å². The SMILES string of the molecule is CN(C)C(=O)CN1C2CCC1CC(NC(=O)CCc1nc3c([nH]1)c(=O)[nH]c(=O)n3C)C2. The first-order chi connectivity index (χ1) is 14.7. The van der Waals surface area contributed by atoms with Crippen LogP contribution in [0.1, 0.15) is 37.9 Å². The van der Waals surface area contributed by atoms with Gasteiger partial charge in [0.1, 0.15) is 11.3 Å². The molecule has 2 aliphatic rings. The van der Waals surface area contributed by atoms with E-state index in [9.17, 15) is 19.2 Å². The molecule has 0 saturated carbocycles. The van der Waals surface area contributed by atoms with Crippen molar-refractivity contribution >= 4 is 23.0 Å². The van der Waals surface area contributed by atoms with Crippen LogP contribution < -0.4 is 16.6 Å². The van der Waals surface area contributed by atoms with E-state index in [1.165, 1.54) is 11.6 Å². The third-order valence-electron chi connectivity index (χ3n) is 6.46. The first kappa shape index (κ1) is 21.3. The molecule has 0 aromatic carbocycles. The number of rotatable bonds is 6. The van der Waals surface area contributed by atoms with Crippen LogP contribution in [0.2, 0.25) is 0 Å². The summed E-state index contributed by atoms with van der Waals surface area (Å²) in [5.74, 6) is 0.543. The van der Waals surface area contributed by atoms with Gasteiger partial charge in [-0.2, -0.15) is 0 Å². The molecule has 168 valence electrons. The number of likely N-dealkylation sites (N-methyl/N-ethyl adjacent to an activating group) is 1. The number of piperidine rings is 1. The lowest BCUT2D eigenvalue weighted by molar-refractivity contribution is -0.131. The Balaban J connectivity index is 1.32. The number of amides is 2. The first-order valence-corrected chi connectivity index (χ1v) is 10.7. The number of nitrogens with one attached hydrogen (secondary N) is 3. The van der Waals surface area contributed by atoms with Crippen molar-refractivity contribution in [1.82, 2.24) is 34.6 Å². The molecular formula is C20H29N7O4. The zero-order valence-electron chi connectivity index (χ0n) is 18.1. The van der Waals surface area contributed by atoms with Crippen LogP contribution in [0.15, 0.2) is 9.59 Å². The van der Waals surface area contributed by atoms with Crippen LogP contribution in [0, 0.1) is 0 Å². The van der Waals surface area contributed by atoms with Crippen molar-refractivity contribution in [3.63, 3.8) is 0 Å². The fourth-order valence-corrected chi connectivity index (χ4v) is 4.75. The van der Waals surface area contributed by atoms with E-state index < -0.39 is 11.2 Å². The number of aromatic nitrogens is 4. The Labute approximate surface area is 178 Å². The predicted molar refractivity (Wildman–Crippen MR) is 114 cm³/mol. The maximum atomic E-state index is 12.5. The Morgan fingerprint density at radius 1 is 1.16 bits per heavy atom. The largest absolute Gasteiger partial charge is 0.353 e. The topological polar surface area (TPSA) is 136 Å². The van der Waals surface area contributed by atoms with Crippen LogP contribution in [0.5, 0.6) is 0 Å². The van der Waals surface area contributed by atoms with Crippen molar-refractivity contribution in [2.45, 2.75) is 56.7 Å². The molecule has 4 rings (SSSR count). The average molecular weight is 431 g/mol. The quantitative estimate of drug-likeness (QED) is 0.541. The van der Waals surface area contributed by atoms with E-state index >= 15 is 0 Å². The minimum absolute atomic E-state index is 0.0644. The zero-order chi connectivity index (χ0) is 22.3. The van der Waals surface area contributed by atoms with Crippen molar-refractivity contribution < 1.29 is 9.59 Å². The lowest BCUT2D eigenvalue weighted by Crippen LogP contribution is -2.52. The molecule has 2 bridgehead atoms. The van der Waals surface area contributed by atoms with E-state index in [2.05, 4.69) is 25.2 Å². The molecule has 11 nitrogen and oxygen atoms in total. The van der Waals surface area contributed by atoms with E-state index in [1.54, 1.807) is 19.0 Å². The summed E-state index contributed by atoms with van der Waals surface area (Å²) in [5.41, 5.74) is -0.535. The normalized spacial score (nSPS) is 23.3.